The molecule has 1 unspecified atom stereocenters. The van der Waals surface area contributed by atoms with E-state index < -0.39 is 0 Å². The molecule has 0 saturated carbocycles. The molecule has 0 aliphatic rings. The van der Waals surface area contributed by atoms with Gasteiger partial charge in [-0.25, -0.2) is 0 Å². The molecule has 1 N–H and O–H groups in total. The van der Waals surface area contributed by atoms with Crippen LogP contribution >= 0.6 is 27.3 Å². The van der Waals surface area contributed by atoms with E-state index in [0.29, 0.717) is 5.56 Å². The zero-order valence-electron chi connectivity index (χ0n) is 11.4. The molecular formula is C14H15BrN2O2S. The van der Waals surface area contributed by atoms with Crippen LogP contribution in [-0.2, 0) is 0 Å². The first-order valence-electron chi connectivity index (χ1n) is 6.14. The lowest BCUT2D eigenvalue weighted by Gasteiger charge is -2.16. The number of aryl methyl sites for hydroxylation is 2. The SMILES string of the molecule is Cc1cc(C)c([N+](=O)[O-])cc1NC(C)c1cc(Br)cs1. The van der Waals surface area contributed by atoms with Crippen LogP contribution in [-0.4, -0.2) is 4.92 Å². The molecule has 0 aliphatic heterocycles. The van der Waals surface area contributed by atoms with E-state index in [-0.39, 0.29) is 16.7 Å². The van der Waals surface area contributed by atoms with E-state index in [1.54, 1.807) is 24.3 Å². The van der Waals surface area contributed by atoms with E-state index in [2.05, 4.69) is 27.3 Å². The highest BCUT2D eigenvalue weighted by molar-refractivity contribution is 9.10. The summed E-state index contributed by atoms with van der Waals surface area (Å²) in [4.78, 5) is 11.9. The number of nitro groups is 1. The minimum Gasteiger partial charge on any atom is -0.377 e. The van der Waals surface area contributed by atoms with Gasteiger partial charge in [-0.2, -0.15) is 0 Å². The third kappa shape index (κ3) is 3.19. The van der Waals surface area contributed by atoms with Crippen LogP contribution in [0, 0.1) is 24.0 Å². The molecule has 106 valence electrons. The van der Waals surface area contributed by atoms with Gasteiger partial charge in [0.25, 0.3) is 5.69 Å². The van der Waals surface area contributed by atoms with Gasteiger partial charge in [-0.3, -0.25) is 10.1 Å². The number of benzene rings is 1. The lowest BCUT2D eigenvalue weighted by molar-refractivity contribution is -0.385. The van der Waals surface area contributed by atoms with Crippen molar-refractivity contribution in [3.8, 4) is 0 Å². The Morgan fingerprint density at radius 1 is 1.30 bits per heavy atom. The molecule has 4 nitrogen and oxygen atoms in total. The number of thiophene rings is 1. The van der Waals surface area contributed by atoms with Gasteiger partial charge in [-0.15, -0.1) is 11.3 Å². The van der Waals surface area contributed by atoms with E-state index in [0.717, 1.165) is 15.7 Å². The summed E-state index contributed by atoms with van der Waals surface area (Å²) in [5, 5.41) is 16.4. The first-order chi connectivity index (χ1) is 9.38. The van der Waals surface area contributed by atoms with Gasteiger partial charge >= 0.3 is 0 Å². The topological polar surface area (TPSA) is 55.2 Å². The van der Waals surface area contributed by atoms with Crippen LogP contribution in [0.4, 0.5) is 11.4 Å². The number of nitrogens with one attached hydrogen (secondary N) is 1. The zero-order chi connectivity index (χ0) is 14.9. The summed E-state index contributed by atoms with van der Waals surface area (Å²) in [5.41, 5.74) is 2.65. The lowest BCUT2D eigenvalue weighted by Crippen LogP contribution is -2.07. The molecule has 0 fully saturated rings. The normalized spacial score (nSPS) is 12.2. The molecule has 20 heavy (non-hydrogen) atoms. The van der Waals surface area contributed by atoms with Crippen molar-refractivity contribution in [2.45, 2.75) is 26.8 Å². The minimum atomic E-state index is -0.341. The van der Waals surface area contributed by atoms with Crippen molar-refractivity contribution >= 4 is 38.6 Å². The van der Waals surface area contributed by atoms with Crippen LogP contribution in [0.15, 0.2) is 28.1 Å². The first kappa shape index (κ1) is 15.0. The third-order valence-corrected chi connectivity index (χ3v) is 5.00. The minimum absolute atomic E-state index is 0.104. The van der Waals surface area contributed by atoms with Gasteiger partial charge in [-0.1, -0.05) is 0 Å². The van der Waals surface area contributed by atoms with Gasteiger partial charge in [0.2, 0.25) is 0 Å². The highest BCUT2D eigenvalue weighted by atomic mass is 79.9. The fourth-order valence-corrected chi connectivity index (χ4v) is 3.51. The van der Waals surface area contributed by atoms with Crippen molar-refractivity contribution in [3.05, 3.63) is 54.2 Å². The second kappa shape index (κ2) is 5.93. The fraction of sp³-hybridized carbons (Fsp3) is 0.286. The molecule has 1 aromatic heterocycles. The highest BCUT2D eigenvalue weighted by Gasteiger charge is 2.15. The molecule has 0 aliphatic carbocycles. The molecule has 6 heteroatoms. The smallest absolute Gasteiger partial charge is 0.274 e. The van der Waals surface area contributed by atoms with E-state index in [1.807, 2.05) is 25.3 Å². The second-order valence-electron chi connectivity index (χ2n) is 4.74. The number of hydrogen-bond donors (Lipinski definition) is 1. The third-order valence-electron chi connectivity index (χ3n) is 3.13. The standard InChI is InChI=1S/C14H15BrN2O2S/c1-8-4-9(2)13(17(18)19)6-12(8)16-10(3)14-5-11(15)7-20-14/h4-7,10,16H,1-3H3. The second-order valence-corrected chi connectivity index (χ2v) is 6.60. The number of rotatable bonds is 4. The molecule has 2 rings (SSSR count). The van der Waals surface area contributed by atoms with Crippen molar-refractivity contribution in [1.29, 1.82) is 0 Å². The van der Waals surface area contributed by atoms with Crippen molar-refractivity contribution < 1.29 is 4.92 Å². The molecule has 0 radical (unpaired) electrons. The van der Waals surface area contributed by atoms with Crippen molar-refractivity contribution in [1.82, 2.24) is 0 Å². The Morgan fingerprint density at radius 3 is 2.55 bits per heavy atom. The number of nitro benzene ring substituents is 1. The maximum atomic E-state index is 11.0. The van der Waals surface area contributed by atoms with Crippen LogP contribution in [0.1, 0.15) is 29.0 Å². The average molecular weight is 355 g/mol. The predicted molar refractivity (Wildman–Crippen MR) is 86.6 cm³/mol. The van der Waals surface area contributed by atoms with E-state index in [4.69, 9.17) is 0 Å². The fourth-order valence-electron chi connectivity index (χ4n) is 2.05. The maximum absolute atomic E-state index is 11.0. The Labute approximate surface area is 130 Å². The number of anilines is 1. The van der Waals surface area contributed by atoms with E-state index >= 15 is 0 Å². The first-order valence-corrected chi connectivity index (χ1v) is 7.82. The summed E-state index contributed by atoms with van der Waals surface area (Å²) in [7, 11) is 0. The summed E-state index contributed by atoms with van der Waals surface area (Å²) >= 11 is 5.09. The Kier molecular flexibility index (Phi) is 4.45. The summed E-state index contributed by atoms with van der Waals surface area (Å²) in [6, 6.07) is 5.62. The van der Waals surface area contributed by atoms with Gasteiger partial charge in [0.15, 0.2) is 0 Å². The van der Waals surface area contributed by atoms with Crippen molar-refractivity contribution in [2.75, 3.05) is 5.32 Å². The monoisotopic (exact) mass is 354 g/mol. The number of hydrogen-bond acceptors (Lipinski definition) is 4. The zero-order valence-corrected chi connectivity index (χ0v) is 13.8. The Hall–Kier alpha value is -1.40. The van der Waals surface area contributed by atoms with Gasteiger partial charge in [0.1, 0.15) is 0 Å². The highest BCUT2D eigenvalue weighted by Crippen LogP contribution is 2.31. The van der Waals surface area contributed by atoms with Crippen molar-refractivity contribution in [3.63, 3.8) is 0 Å². The van der Waals surface area contributed by atoms with Crippen LogP contribution in [0.3, 0.4) is 0 Å². The van der Waals surface area contributed by atoms with E-state index in [1.165, 1.54) is 4.88 Å². The van der Waals surface area contributed by atoms with Gasteiger partial charge in [0, 0.05) is 32.0 Å². The largest absolute Gasteiger partial charge is 0.377 e. The van der Waals surface area contributed by atoms with Gasteiger partial charge in [-0.05, 0) is 54.4 Å². The number of nitrogens with zero attached hydrogens (tertiary/aromatic N) is 1. The predicted octanol–water partition coefficient (Wildman–Crippen LogP) is 5.21. The number of halogens is 1. The van der Waals surface area contributed by atoms with Crippen LogP contribution in [0.2, 0.25) is 0 Å². The molecule has 0 amide bonds. The van der Waals surface area contributed by atoms with Gasteiger partial charge in [0.05, 0.1) is 11.0 Å². The molecule has 1 aromatic carbocycles. The Bertz CT molecular complexity index is 655. The quantitative estimate of drug-likeness (QED) is 0.605. The van der Waals surface area contributed by atoms with Crippen LogP contribution in [0.25, 0.3) is 0 Å². The summed E-state index contributed by atoms with van der Waals surface area (Å²) in [6.07, 6.45) is 0. The molecule has 0 spiro atoms. The van der Waals surface area contributed by atoms with Crippen molar-refractivity contribution in [2.24, 2.45) is 0 Å². The van der Waals surface area contributed by atoms with Crippen LogP contribution < -0.4 is 5.32 Å². The molecule has 1 atom stereocenters. The molecule has 0 saturated heterocycles. The molecule has 2 aromatic rings. The Balaban J connectivity index is 2.29. The summed E-state index contributed by atoms with van der Waals surface area (Å²) in [6.45, 7) is 5.76. The summed E-state index contributed by atoms with van der Waals surface area (Å²) in [5.74, 6) is 0. The summed E-state index contributed by atoms with van der Waals surface area (Å²) < 4.78 is 1.05. The molecule has 1 heterocycles. The average Bonchev–Trinajstić information content (AvgIpc) is 2.79. The Morgan fingerprint density at radius 2 is 2.00 bits per heavy atom. The molecular weight excluding hydrogens is 340 g/mol. The maximum Gasteiger partial charge on any atom is 0.274 e. The van der Waals surface area contributed by atoms with E-state index in [9.17, 15) is 10.1 Å². The lowest BCUT2D eigenvalue weighted by atomic mass is 10.1. The molecule has 0 bridgehead atoms. The van der Waals surface area contributed by atoms with Gasteiger partial charge < -0.3 is 5.32 Å². The van der Waals surface area contributed by atoms with Crippen LogP contribution in [0.5, 0.6) is 0 Å².